The van der Waals surface area contributed by atoms with Gasteiger partial charge in [-0.2, -0.15) is 5.10 Å². The van der Waals surface area contributed by atoms with Crippen molar-refractivity contribution < 1.29 is 4.79 Å². The number of carbonyl (C=O) groups is 1. The van der Waals surface area contributed by atoms with Crippen LogP contribution in [0.2, 0.25) is 0 Å². The largest absolute Gasteiger partial charge is 0.368 e. The van der Waals surface area contributed by atoms with Crippen LogP contribution in [-0.2, 0) is 0 Å². The van der Waals surface area contributed by atoms with Gasteiger partial charge < -0.3 is 10.6 Å². The van der Waals surface area contributed by atoms with Crippen LogP contribution >= 0.6 is 11.3 Å². The fourth-order valence-corrected chi connectivity index (χ4v) is 3.57. The Balaban J connectivity index is 1.55. The molecule has 0 saturated carbocycles. The first-order chi connectivity index (χ1) is 14.1. The maximum atomic E-state index is 12.1. The van der Waals surface area contributed by atoms with Crippen molar-refractivity contribution in [2.45, 2.75) is 19.8 Å². The number of hydrogen-bond acceptors (Lipinski definition) is 6. The van der Waals surface area contributed by atoms with Crippen LogP contribution in [-0.4, -0.2) is 38.7 Å². The van der Waals surface area contributed by atoms with Gasteiger partial charge in [0.05, 0.1) is 22.1 Å². The lowest BCUT2D eigenvalue weighted by Gasteiger charge is -2.11. The molecule has 0 aliphatic heterocycles. The molecule has 148 valence electrons. The van der Waals surface area contributed by atoms with E-state index in [1.165, 1.54) is 11.3 Å². The van der Waals surface area contributed by atoms with E-state index >= 15 is 0 Å². The predicted molar refractivity (Wildman–Crippen MR) is 116 cm³/mol. The van der Waals surface area contributed by atoms with E-state index in [1.807, 2.05) is 52.5 Å². The molecular formula is C21H22N6OS. The molecule has 0 aliphatic carbocycles. The summed E-state index contributed by atoms with van der Waals surface area (Å²) in [7, 11) is 0. The number of thiophene rings is 1. The molecule has 0 radical (unpaired) electrons. The molecule has 1 aromatic carbocycles. The minimum Gasteiger partial charge on any atom is -0.368 e. The second kappa shape index (κ2) is 8.40. The molecular weight excluding hydrogens is 384 g/mol. The van der Waals surface area contributed by atoms with Crippen LogP contribution in [0, 0.1) is 0 Å². The number of rotatable bonds is 7. The van der Waals surface area contributed by atoms with Gasteiger partial charge in [-0.25, -0.2) is 14.6 Å². The highest BCUT2D eigenvalue weighted by Crippen LogP contribution is 2.24. The standard InChI is InChI=1S/C21H22N6OS/c1-14(2)18-25-19(22-10-11-23-21(28)17-9-6-12-29-17)16-13-24-27(20(16)26-18)15-7-4-3-5-8-15/h3-9,12-14H,10-11H2,1-2H3,(H,23,28)(H,22,25,26). The average Bonchev–Trinajstić information content (AvgIpc) is 3.41. The molecule has 0 unspecified atom stereocenters. The molecule has 0 aliphatic rings. The van der Waals surface area contributed by atoms with Crippen molar-refractivity contribution in [1.29, 1.82) is 0 Å². The van der Waals surface area contributed by atoms with Crippen molar-refractivity contribution in [2.75, 3.05) is 18.4 Å². The predicted octanol–water partition coefficient (Wildman–Crippen LogP) is 3.84. The van der Waals surface area contributed by atoms with Crippen LogP contribution in [0.15, 0.2) is 54.0 Å². The monoisotopic (exact) mass is 406 g/mol. The third kappa shape index (κ3) is 4.12. The number of nitrogens with one attached hydrogen (secondary N) is 2. The highest BCUT2D eigenvalue weighted by Gasteiger charge is 2.15. The van der Waals surface area contributed by atoms with E-state index in [-0.39, 0.29) is 11.8 Å². The van der Waals surface area contributed by atoms with Gasteiger partial charge in [-0.3, -0.25) is 4.79 Å². The van der Waals surface area contributed by atoms with Gasteiger partial charge >= 0.3 is 0 Å². The van der Waals surface area contributed by atoms with E-state index in [0.717, 1.165) is 28.4 Å². The topological polar surface area (TPSA) is 84.7 Å². The quantitative estimate of drug-likeness (QED) is 0.456. The zero-order valence-corrected chi connectivity index (χ0v) is 17.1. The SMILES string of the molecule is CC(C)c1nc(NCCNC(=O)c2cccs2)c2cnn(-c3ccccc3)c2n1. The zero-order valence-electron chi connectivity index (χ0n) is 16.3. The summed E-state index contributed by atoms with van der Waals surface area (Å²) in [6, 6.07) is 13.6. The first kappa shape index (κ1) is 19.1. The summed E-state index contributed by atoms with van der Waals surface area (Å²) in [5.74, 6) is 1.60. The number of carbonyl (C=O) groups excluding carboxylic acids is 1. The van der Waals surface area contributed by atoms with Crippen LogP contribution in [0.4, 0.5) is 5.82 Å². The van der Waals surface area contributed by atoms with Gasteiger partial charge in [-0.05, 0) is 23.6 Å². The maximum Gasteiger partial charge on any atom is 0.261 e. The van der Waals surface area contributed by atoms with E-state index in [0.29, 0.717) is 18.0 Å². The molecule has 4 rings (SSSR count). The molecule has 0 spiro atoms. The Kier molecular flexibility index (Phi) is 5.53. The van der Waals surface area contributed by atoms with E-state index in [9.17, 15) is 4.79 Å². The maximum absolute atomic E-state index is 12.1. The van der Waals surface area contributed by atoms with Gasteiger partial charge in [0, 0.05) is 19.0 Å². The van der Waals surface area contributed by atoms with Crippen LogP contribution in [0.5, 0.6) is 0 Å². The Labute approximate surface area is 172 Å². The molecule has 4 aromatic rings. The summed E-state index contributed by atoms with van der Waals surface area (Å²) in [6.07, 6.45) is 1.78. The van der Waals surface area contributed by atoms with E-state index in [1.54, 1.807) is 6.20 Å². The van der Waals surface area contributed by atoms with Crippen molar-refractivity contribution in [3.63, 3.8) is 0 Å². The number of amides is 1. The van der Waals surface area contributed by atoms with Gasteiger partial charge in [0.2, 0.25) is 0 Å². The second-order valence-corrected chi connectivity index (χ2v) is 7.82. The molecule has 3 heterocycles. The summed E-state index contributed by atoms with van der Waals surface area (Å²) in [5, 5.41) is 13.5. The summed E-state index contributed by atoms with van der Waals surface area (Å²) in [5.41, 5.74) is 1.71. The molecule has 2 N–H and O–H groups in total. The molecule has 3 aromatic heterocycles. The van der Waals surface area contributed by atoms with Gasteiger partial charge in [-0.15, -0.1) is 11.3 Å². The van der Waals surface area contributed by atoms with Crippen molar-refractivity contribution in [3.05, 3.63) is 64.7 Å². The minimum absolute atomic E-state index is 0.0607. The number of hydrogen-bond donors (Lipinski definition) is 2. The summed E-state index contributed by atoms with van der Waals surface area (Å²) >= 11 is 1.43. The fourth-order valence-electron chi connectivity index (χ4n) is 2.93. The van der Waals surface area contributed by atoms with E-state index < -0.39 is 0 Å². The molecule has 29 heavy (non-hydrogen) atoms. The van der Waals surface area contributed by atoms with Gasteiger partial charge in [-0.1, -0.05) is 38.1 Å². The van der Waals surface area contributed by atoms with Gasteiger partial charge in [0.1, 0.15) is 11.6 Å². The van der Waals surface area contributed by atoms with Crippen molar-refractivity contribution in [3.8, 4) is 5.69 Å². The Bertz CT molecular complexity index is 1110. The summed E-state index contributed by atoms with van der Waals surface area (Å²) in [4.78, 5) is 22.2. The minimum atomic E-state index is -0.0607. The van der Waals surface area contributed by atoms with E-state index in [2.05, 4.69) is 34.6 Å². The average molecular weight is 407 g/mol. The third-order valence-corrected chi connectivity index (χ3v) is 5.28. The van der Waals surface area contributed by atoms with Gasteiger partial charge in [0.15, 0.2) is 5.65 Å². The second-order valence-electron chi connectivity index (χ2n) is 6.87. The van der Waals surface area contributed by atoms with E-state index in [4.69, 9.17) is 4.98 Å². The van der Waals surface area contributed by atoms with Crippen molar-refractivity contribution in [1.82, 2.24) is 25.1 Å². The lowest BCUT2D eigenvalue weighted by atomic mass is 10.2. The Morgan fingerprint density at radius 2 is 1.93 bits per heavy atom. The van der Waals surface area contributed by atoms with Crippen LogP contribution < -0.4 is 10.6 Å². The number of aromatic nitrogens is 4. The van der Waals surface area contributed by atoms with Crippen LogP contribution in [0.25, 0.3) is 16.7 Å². The molecule has 1 amide bonds. The summed E-state index contributed by atoms with van der Waals surface area (Å²) < 4.78 is 1.83. The lowest BCUT2D eigenvalue weighted by molar-refractivity contribution is 0.0959. The number of nitrogens with zero attached hydrogens (tertiary/aromatic N) is 4. The van der Waals surface area contributed by atoms with Gasteiger partial charge in [0.25, 0.3) is 5.91 Å². The molecule has 8 heteroatoms. The first-order valence-electron chi connectivity index (χ1n) is 9.50. The number of benzene rings is 1. The number of para-hydroxylation sites is 1. The molecule has 0 fully saturated rings. The Morgan fingerprint density at radius 1 is 1.10 bits per heavy atom. The summed E-state index contributed by atoms with van der Waals surface area (Å²) in [6.45, 7) is 5.17. The Morgan fingerprint density at radius 3 is 2.66 bits per heavy atom. The van der Waals surface area contributed by atoms with Crippen LogP contribution in [0.3, 0.4) is 0 Å². The molecule has 7 nitrogen and oxygen atoms in total. The van der Waals surface area contributed by atoms with Crippen LogP contribution in [0.1, 0.15) is 35.3 Å². The normalized spacial score (nSPS) is 11.1. The number of anilines is 1. The fraction of sp³-hybridized carbons (Fsp3) is 0.238. The first-order valence-corrected chi connectivity index (χ1v) is 10.4. The molecule has 0 bridgehead atoms. The lowest BCUT2D eigenvalue weighted by Crippen LogP contribution is -2.28. The Hall–Kier alpha value is -3.26. The highest BCUT2D eigenvalue weighted by atomic mass is 32.1. The third-order valence-electron chi connectivity index (χ3n) is 4.41. The van der Waals surface area contributed by atoms with Crippen molar-refractivity contribution in [2.24, 2.45) is 0 Å². The molecule has 0 atom stereocenters. The number of fused-ring (bicyclic) bond motifs is 1. The van der Waals surface area contributed by atoms with Crippen molar-refractivity contribution >= 4 is 34.1 Å². The highest BCUT2D eigenvalue weighted by molar-refractivity contribution is 7.12. The zero-order chi connectivity index (χ0) is 20.2. The smallest absolute Gasteiger partial charge is 0.261 e. The molecule has 0 saturated heterocycles.